The van der Waals surface area contributed by atoms with Gasteiger partial charge in [-0.2, -0.15) is 0 Å². The number of hydrogen-bond donors (Lipinski definition) is 1. The summed E-state index contributed by atoms with van der Waals surface area (Å²) in [6, 6.07) is 8.56. The van der Waals surface area contributed by atoms with Crippen molar-refractivity contribution in [2.75, 3.05) is 13.1 Å². The summed E-state index contributed by atoms with van der Waals surface area (Å²) < 4.78 is 0. The minimum absolute atomic E-state index is 0.186. The number of nitrogens with one attached hydrogen (secondary N) is 1. The predicted octanol–water partition coefficient (Wildman–Crippen LogP) is 1.02. The molecule has 1 aromatic rings. The Hall–Kier alpha value is -1.68. The van der Waals surface area contributed by atoms with E-state index in [-0.39, 0.29) is 17.9 Å². The van der Waals surface area contributed by atoms with Crippen LogP contribution in [-0.2, 0) is 16.0 Å². The largest absolute Gasteiger partial charge is 0.294 e. The Morgan fingerprint density at radius 3 is 2.61 bits per heavy atom. The fourth-order valence-corrected chi connectivity index (χ4v) is 2.99. The molecule has 1 N–H and O–H groups in total. The summed E-state index contributed by atoms with van der Waals surface area (Å²) in [5, 5.41) is 2.35. The van der Waals surface area contributed by atoms with Crippen LogP contribution in [-0.4, -0.2) is 29.8 Å². The fourth-order valence-electron chi connectivity index (χ4n) is 2.99. The van der Waals surface area contributed by atoms with Crippen LogP contribution in [0.5, 0.6) is 0 Å². The highest BCUT2D eigenvalue weighted by molar-refractivity contribution is 5.99. The van der Waals surface area contributed by atoms with Gasteiger partial charge >= 0.3 is 0 Å². The molecule has 1 fully saturated rings. The molecule has 3 rings (SSSR count). The molecule has 0 spiro atoms. The molecule has 4 nitrogen and oxygen atoms in total. The van der Waals surface area contributed by atoms with Gasteiger partial charge in [-0.3, -0.25) is 19.8 Å². The topological polar surface area (TPSA) is 49.4 Å². The number of nitrogens with zero attached hydrogens (tertiary/aromatic N) is 1. The van der Waals surface area contributed by atoms with E-state index < -0.39 is 0 Å². The molecule has 0 aromatic heterocycles. The van der Waals surface area contributed by atoms with Gasteiger partial charge in [0, 0.05) is 6.04 Å². The van der Waals surface area contributed by atoms with E-state index in [0.717, 1.165) is 19.3 Å². The minimum atomic E-state index is -0.186. The van der Waals surface area contributed by atoms with Crippen LogP contribution < -0.4 is 5.32 Å². The highest BCUT2D eigenvalue weighted by Gasteiger charge is 2.31. The molecule has 0 bridgehead atoms. The molecule has 1 saturated heterocycles. The molecule has 1 aliphatic carbocycles. The van der Waals surface area contributed by atoms with E-state index in [1.54, 1.807) is 0 Å². The van der Waals surface area contributed by atoms with Gasteiger partial charge in [-0.05, 0) is 30.4 Å². The lowest BCUT2D eigenvalue weighted by atomic mass is 9.86. The Kier molecular flexibility index (Phi) is 2.88. The molecule has 2 aliphatic rings. The third-order valence-corrected chi connectivity index (χ3v) is 3.75. The molecule has 94 valence electrons. The van der Waals surface area contributed by atoms with Crippen molar-refractivity contribution in [2.45, 2.75) is 25.3 Å². The number of hydrogen-bond acceptors (Lipinski definition) is 3. The van der Waals surface area contributed by atoms with Crippen molar-refractivity contribution < 1.29 is 9.59 Å². The van der Waals surface area contributed by atoms with Gasteiger partial charge in [0.15, 0.2) is 0 Å². The van der Waals surface area contributed by atoms with Gasteiger partial charge in [0.1, 0.15) is 0 Å². The average molecular weight is 244 g/mol. The molecule has 4 heteroatoms. The maximum Gasteiger partial charge on any atom is 0.240 e. The summed E-state index contributed by atoms with van der Waals surface area (Å²) in [6.07, 6.45) is 3.24. The van der Waals surface area contributed by atoms with E-state index in [9.17, 15) is 9.59 Å². The first-order valence-corrected chi connectivity index (χ1v) is 6.38. The van der Waals surface area contributed by atoms with E-state index in [1.165, 1.54) is 11.1 Å². The smallest absolute Gasteiger partial charge is 0.240 e. The molecule has 1 aliphatic heterocycles. The molecule has 2 amide bonds. The van der Waals surface area contributed by atoms with Crippen molar-refractivity contribution in [2.24, 2.45) is 0 Å². The Labute approximate surface area is 106 Å². The molecule has 0 radical (unpaired) electrons. The zero-order valence-electron chi connectivity index (χ0n) is 10.2. The highest BCUT2D eigenvalue weighted by atomic mass is 16.2. The van der Waals surface area contributed by atoms with Crippen LogP contribution >= 0.6 is 0 Å². The van der Waals surface area contributed by atoms with Crippen molar-refractivity contribution in [1.29, 1.82) is 0 Å². The molecule has 1 atom stereocenters. The SMILES string of the molecule is O=C1CN(C2CCCc3ccccc32)CC(=O)N1. The highest BCUT2D eigenvalue weighted by Crippen LogP contribution is 2.34. The zero-order chi connectivity index (χ0) is 12.5. The first-order chi connectivity index (χ1) is 8.74. The second-order valence-electron chi connectivity index (χ2n) is 4.98. The van der Waals surface area contributed by atoms with Crippen LogP contribution in [0, 0.1) is 0 Å². The Bertz CT molecular complexity index is 482. The van der Waals surface area contributed by atoms with Crippen molar-refractivity contribution in [3.8, 4) is 0 Å². The van der Waals surface area contributed by atoms with Crippen LogP contribution in [0.3, 0.4) is 0 Å². The molecule has 1 unspecified atom stereocenters. The summed E-state index contributed by atoms with van der Waals surface area (Å²) in [7, 11) is 0. The van der Waals surface area contributed by atoms with Crippen molar-refractivity contribution in [3.63, 3.8) is 0 Å². The third-order valence-electron chi connectivity index (χ3n) is 3.75. The van der Waals surface area contributed by atoms with Crippen molar-refractivity contribution in [1.82, 2.24) is 10.2 Å². The third kappa shape index (κ3) is 2.04. The lowest BCUT2D eigenvalue weighted by Gasteiger charge is -2.36. The summed E-state index contributed by atoms with van der Waals surface area (Å²) in [6.45, 7) is 0.648. The lowest BCUT2D eigenvalue weighted by molar-refractivity contribution is -0.137. The lowest BCUT2D eigenvalue weighted by Crippen LogP contribution is -2.52. The van der Waals surface area contributed by atoms with Crippen molar-refractivity contribution in [3.05, 3.63) is 35.4 Å². The van der Waals surface area contributed by atoms with E-state index in [2.05, 4.69) is 23.5 Å². The fraction of sp³-hybridized carbons (Fsp3) is 0.429. The number of amides is 2. The standard InChI is InChI=1S/C14H16N2O2/c17-13-8-16(9-14(18)15-13)12-7-3-5-10-4-1-2-6-11(10)12/h1-2,4,6,12H,3,5,7-9H2,(H,15,17,18). The summed E-state index contributed by atoms with van der Waals surface area (Å²) >= 11 is 0. The zero-order valence-corrected chi connectivity index (χ0v) is 10.2. The van der Waals surface area contributed by atoms with E-state index in [0.29, 0.717) is 13.1 Å². The molecule has 0 saturated carbocycles. The Balaban J connectivity index is 1.89. The maximum absolute atomic E-state index is 11.5. The van der Waals surface area contributed by atoms with Gasteiger partial charge in [-0.1, -0.05) is 24.3 Å². The molecular formula is C14H16N2O2. The number of benzene rings is 1. The number of piperazine rings is 1. The number of aryl methyl sites for hydroxylation is 1. The van der Waals surface area contributed by atoms with Gasteiger partial charge in [0.2, 0.25) is 11.8 Å². The number of carbonyl (C=O) groups is 2. The summed E-state index contributed by atoms with van der Waals surface area (Å²) in [5.74, 6) is -0.372. The number of rotatable bonds is 1. The molecule has 1 aromatic carbocycles. The number of imide groups is 1. The number of fused-ring (bicyclic) bond motifs is 1. The van der Waals surface area contributed by atoms with Gasteiger partial charge in [0.05, 0.1) is 13.1 Å². The summed E-state index contributed by atoms with van der Waals surface area (Å²) in [5.41, 5.74) is 2.64. The molecular weight excluding hydrogens is 228 g/mol. The summed E-state index contributed by atoms with van der Waals surface area (Å²) in [4.78, 5) is 24.9. The van der Waals surface area contributed by atoms with E-state index in [4.69, 9.17) is 0 Å². The normalized spacial score (nSPS) is 24.6. The predicted molar refractivity (Wildman–Crippen MR) is 66.8 cm³/mol. The van der Waals surface area contributed by atoms with E-state index >= 15 is 0 Å². The minimum Gasteiger partial charge on any atom is -0.294 e. The Morgan fingerprint density at radius 2 is 1.83 bits per heavy atom. The van der Waals surface area contributed by atoms with Gasteiger partial charge in [-0.15, -0.1) is 0 Å². The molecule has 18 heavy (non-hydrogen) atoms. The van der Waals surface area contributed by atoms with Gasteiger partial charge in [0.25, 0.3) is 0 Å². The first kappa shape index (κ1) is 11.4. The maximum atomic E-state index is 11.5. The van der Waals surface area contributed by atoms with E-state index in [1.807, 2.05) is 11.0 Å². The Morgan fingerprint density at radius 1 is 1.11 bits per heavy atom. The number of carbonyl (C=O) groups excluding carboxylic acids is 2. The van der Waals surface area contributed by atoms with Crippen LogP contribution in [0.1, 0.15) is 30.0 Å². The van der Waals surface area contributed by atoms with Gasteiger partial charge in [-0.25, -0.2) is 0 Å². The van der Waals surface area contributed by atoms with Crippen LogP contribution in [0.15, 0.2) is 24.3 Å². The van der Waals surface area contributed by atoms with Crippen LogP contribution in [0.25, 0.3) is 0 Å². The monoisotopic (exact) mass is 244 g/mol. The van der Waals surface area contributed by atoms with Crippen LogP contribution in [0.2, 0.25) is 0 Å². The molecule has 1 heterocycles. The second-order valence-corrected chi connectivity index (χ2v) is 4.98. The first-order valence-electron chi connectivity index (χ1n) is 6.38. The average Bonchev–Trinajstić information content (AvgIpc) is 2.37. The van der Waals surface area contributed by atoms with Gasteiger partial charge < -0.3 is 0 Å². The quantitative estimate of drug-likeness (QED) is 0.750. The van der Waals surface area contributed by atoms with Crippen LogP contribution in [0.4, 0.5) is 0 Å². The second kappa shape index (κ2) is 4.53. The van der Waals surface area contributed by atoms with Crippen molar-refractivity contribution >= 4 is 11.8 Å².